The first-order chi connectivity index (χ1) is 4.70. The molecule has 0 aromatic carbocycles. The highest BCUT2D eigenvalue weighted by Gasteiger charge is 2.02. The second kappa shape index (κ2) is 5.69. The molecule has 10 heavy (non-hydrogen) atoms. The summed E-state index contributed by atoms with van der Waals surface area (Å²) in [6, 6.07) is 0. The molecule has 0 aliphatic rings. The van der Waals surface area contributed by atoms with Crippen LogP contribution in [-0.2, 0) is 4.74 Å². The SMILES string of the molecule is CCO[C@H](C)CN(C)CC. The van der Waals surface area contributed by atoms with Gasteiger partial charge in [0.05, 0.1) is 6.10 Å². The number of hydrogen-bond acceptors (Lipinski definition) is 2. The third kappa shape index (κ3) is 4.77. The Kier molecular flexibility index (Phi) is 5.64. The normalized spacial score (nSPS) is 14.1. The Morgan fingerprint density at radius 2 is 2.00 bits per heavy atom. The summed E-state index contributed by atoms with van der Waals surface area (Å²) in [5.41, 5.74) is 0. The topological polar surface area (TPSA) is 12.5 Å². The lowest BCUT2D eigenvalue weighted by Crippen LogP contribution is -2.28. The highest BCUT2D eigenvalue weighted by Crippen LogP contribution is 1.92. The first-order valence-corrected chi connectivity index (χ1v) is 4.00. The predicted molar refractivity (Wildman–Crippen MR) is 44.3 cm³/mol. The van der Waals surface area contributed by atoms with Crippen LogP contribution in [0.25, 0.3) is 0 Å². The fourth-order valence-corrected chi connectivity index (χ4v) is 0.905. The zero-order valence-electron chi connectivity index (χ0n) is 7.55. The number of rotatable bonds is 5. The first kappa shape index (κ1) is 9.92. The van der Waals surface area contributed by atoms with E-state index in [-0.39, 0.29) is 0 Å². The zero-order chi connectivity index (χ0) is 7.98. The van der Waals surface area contributed by atoms with Crippen LogP contribution in [0, 0.1) is 0 Å². The van der Waals surface area contributed by atoms with E-state index in [1.807, 2.05) is 6.92 Å². The molecule has 2 heteroatoms. The Bertz CT molecular complexity index is 75.7. The van der Waals surface area contributed by atoms with Crippen LogP contribution >= 0.6 is 0 Å². The fraction of sp³-hybridized carbons (Fsp3) is 1.00. The maximum absolute atomic E-state index is 5.37. The van der Waals surface area contributed by atoms with Gasteiger partial charge in [-0.1, -0.05) is 6.92 Å². The molecule has 0 aromatic rings. The number of likely N-dealkylation sites (N-methyl/N-ethyl adjacent to an activating group) is 1. The van der Waals surface area contributed by atoms with Crippen molar-refractivity contribution in [2.24, 2.45) is 0 Å². The Balaban J connectivity index is 3.27. The van der Waals surface area contributed by atoms with E-state index in [0.717, 1.165) is 19.7 Å². The summed E-state index contributed by atoms with van der Waals surface area (Å²) in [6.45, 7) is 9.23. The second-order valence-corrected chi connectivity index (χ2v) is 2.62. The van der Waals surface area contributed by atoms with Gasteiger partial charge in [0.1, 0.15) is 0 Å². The van der Waals surface area contributed by atoms with Crippen molar-refractivity contribution in [3.8, 4) is 0 Å². The monoisotopic (exact) mass is 145 g/mol. The van der Waals surface area contributed by atoms with Crippen LogP contribution in [0.2, 0.25) is 0 Å². The highest BCUT2D eigenvalue weighted by molar-refractivity contribution is 4.54. The third-order valence-electron chi connectivity index (χ3n) is 1.56. The van der Waals surface area contributed by atoms with Gasteiger partial charge in [0.25, 0.3) is 0 Å². The van der Waals surface area contributed by atoms with E-state index in [4.69, 9.17) is 4.74 Å². The summed E-state index contributed by atoms with van der Waals surface area (Å²) in [5, 5.41) is 0. The van der Waals surface area contributed by atoms with E-state index >= 15 is 0 Å². The lowest BCUT2D eigenvalue weighted by molar-refractivity contribution is 0.0531. The minimum Gasteiger partial charge on any atom is -0.377 e. The van der Waals surface area contributed by atoms with Gasteiger partial charge >= 0.3 is 0 Å². The molecule has 0 aliphatic heterocycles. The summed E-state index contributed by atoms with van der Waals surface area (Å²) in [4.78, 5) is 2.25. The summed E-state index contributed by atoms with van der Waals surface area (Å²) < 4.78 is 5.37. The quantitative estimate of drug-likeness (QED) is 0.579. The molecule has 0 spiro atoms. The molecule has 0 saturated carbocycles. The molecule has 2 nitrogen and oxygen atoms in total. The molecule has 0 aromatic heterocycles. The minimum atomic E-state index is 0.370. The van der Waals surface area contributed by atoms with Crippen molar-refractivity contribution in [2.45, 2.75) is 26.9 Å². The number of hydrogen-bond donors (Lipinski definition) is 0. The molecule has 0 unspecified atom stereocenters. The van der Waals surface area contributed by atoms with Crippen molar-refractivity contribution in [3.63, 3.8) is 0 Å². The largest absolute Gasteiger partial charge is 0.377 e. The van der Waals surface area contributed by atoms with Gasteiger partial charge in [0, 0.05) is 13.2 Å². The van der Waals surface area contributed by atoms with E-state index in [1.54, 1.807) is 0 Å². The number of nitrogens with zero attached hydrogens (tertiary/aromatic N) is 1. The molecule has 0 rings (SSSR count). The van der Waals surface area contributed by atoms with Gasteiger partial charge in [0.15, 0.2) is 0 Å². The zero-order valence-corrected chi connectivity index (χ0v) is 7.55. The van der Waals surface area contributed by atoms with Gasteiger partial charge in [0.2, 0.25) is 0 Å². The standard InChI is InChI=1S/C8H19NO/c1-5-9(4)7-8(3)10-6-2/h8H,5-7H2,1-4H3/t8-/m1/s1. The maximum Gasteiger partial charge on any atom is 0.0673 e. The van der Waals surface area contributed by atoms with E-state index in [2.05, 4.69) is 25.8 Å². The molecule has 0 saturated heterocycles. The van der Waals surface area contributed by atoms with Gasteiger partial charge in [-0.25, -0.2) is 0 Å². The van der Waals surface area contributed by atoms with Crippen LogP contribution in [0.15, 0.2) is 0 Å². The van der Waals surface area contributed by atoms with Crippen LogP contribution in [0.5, 0.6) is 0 Å². The third-order valence-corrected chi connectivity index (χ3v) is 1.56. The lowest BCUT2D eigenvalue weighted by atomic mass is 10.4. The minimum absolute atomic E-state index is 0.370. The molecule has 0 bridgehead atoms. The van der Waals surface area contributed by atoms with Gasteiger partial charge in [-0.2, -0.15) is 0 Å². The van der Waals surface area contributed by atoms with Gasteiger partial charge in [-0.05, 0) is 27.4 Å². The first-order valence-electron chi connectivity index (χ1n) is 4.00. The maximum atomic E-state index is 5.37. The molecular formula is C8H19NO. The van der Waals surface area contributed by atoms with Crippen LogP contribution in [0.4, 0.5) is 0 Å². The molecule has 0 N–H and O–H groups in total. The molecule has 62 valence electrons. The van der Waals surface area contributed by atoms with Gasteiger partial charge < -0.3 is 9.64 Å². The van der Waals surface area contributed by atoms with E-state index in [1.165, 1.54) is 0 Å². The Morgan fingerprint density at radius 3 is 2.40 bits per heavy atom. The van der Waals surface area contributed by atoms with E-state index < -0.39 is 0 Å². The molecule has 1 atom stereocenters. The summed E-state index contributed by atoms with van der Waals surface area (Å²) in [7, 11) is 2.11. The molecule has 0 amide bonds. The summed E-state index contributed by atoms with van der Waals surface area (Å²) in [5.74, 6) is 0. The molecule has 0 fully saturated rings. The van der Waals surface area contributed by atoms with Crippen LogP contribution in [0.3, 0.4) is 0 Å². The van der Waals surface area contributed by atoms with Crippen molar-refractivity contribution in [1.82, 2.24) is 4.90 Å². The fourth-order valence-electron chi connectivity index (χ4n) is 0.905. The number of ether oxygens (including phenoxy) is 1. The van der Waals surface area contributed by atoms with E-state index in [0.29, 0.717) is 6.10 Å². The summed E-state index contributed by atoms with van der Waals surface area (Å²) >= 11 is 0. The molecule has 0 radical (unpaired) electrons. The van der Waals surface area contributed by atoms with Crippen LogP contribution in [-0.4, -0.2) is 37.7 Å². The second-order valence-electron chi connectivity index (χ2n) is 2.62. The average molecular weight is 145 g/mol. The molecule has 0 heterocycles. The van der Waals surface area contributed by atoms with Crippen LogP contribution < -0.4 is 0 Å². The Hall–Kier alpha value is -0.0800. The van der Waals surface area contributed by atoms with Gasteiger partial charge in [-0.15, -0.1) is 0 Å². The highest BCUT2D eigenvalue weighted by atomic mass is 16.5. The Labute approximate surface area is 64.2 Å². The van der Waals surface area contributed by atoms with Crippen molar-refractivity contribution < 1.29 is 4.74 Å². The molecule has 0 aliphatic carbocycles. The lowest BCUT2D eigenvalue weighted by Gasteiger charge is -2.19. The predicted octanol–water partition coefficient (Wildman–Crippen LogP) is 1.36. The summed E-state index contributed by atoms with van der Waals surface area (Å²) in [6.07, 6.45) is 0.370. The van der Waals surface area contributed by atoms with Crippen molar-refractivity contribution in [3.05, 3.63) is 0 Å². The van der Waals surface area contributed by atoms with E-state index in [9.17, 15) is 0 Å². The van der Waals surface area contributed by atoms with Gasteiger partial charge in [-0.3, -0.25) is 0 Å². The molecular weight excluding hydrogens is 126 g/mol. The van der Waals surface area contributed by atoms with Crippen molar-refractivity contribution >= 4 is 0 Å². The van der Waals surface area contributed by atoms with Crippen molar-refractivity contribution in [2.75, 3.05) is 26.7 Å². The van der Waals surface area contributed by atoms with Crippen LogP contribution in [0.1, 0.15) is 20.8 Å². The van der Waals surface area contributed by atoms with Crippen molar-refractivity contribution in [1.29, 1.82) is 0 Å². The average Bonchev–Trinajstić information content (AvgIpc) is 1.88. The Morgan fingerprint density at radius 1 is 1.40 bits per heavy atom. The smallest absolute Gasteiger partial charge is 0.0673 e.